The number of benzene rings is 1. The summed E-state index contributed by atoms with van der Waals surface area (Å²) >= 11 is 5.82. The van der Waals surface area contributed by atoms with Gasteiger partial charge in [-0.3, -0.25) is 0 Å². The zero-order valence-corrected chi connectivity index (χ0v) is 13.3. The van der Waals surface area contributed by atoms with Crippen LogP contribution in [-0.2, 0) is 16.6 Å². The van der Waals surface area contributed by atoms with Crippen molar-refractivity contribution >= 4 is 21.6 Å². The molecule has 1 fully saturated rings. The lowest BCUT2D eigenvalue weighted by atomic mass is 10.2. The van der Waals surface area contributed by atoms with Crippen molar-refractivity contribution in [1.82, 2.24) is 9.21 Å². The molecule has 0 atom stereocenters. The van der Waals surface area contributed by atoms with Gasteiger partial charge in [0.05, 0.1) is 6.61 Å². The fourth-order valence-electron chi connectivity index (χ4n) is 2.35. The van der Waals surface area contributed by atoms with Crippen LogP contribution in [0.1, 0.15) is 12.5 Å². The number of sulfonamides is 1. The topological polar surface area (TPSA) is 60.9 Å². The quantitative estimate of drug-likeness (QED) is 0.900. The zero-order chi connectivity index (χ0) is 15.6. The van der Waals surface area contributed by atoms with Crippen molar-refractivity contribution < 1.29 is 17.9 Å². The molecule has 0 saturated carbocycles. The lowest BCUT2D eigenvalue weighted by molar-refractivity contribution is 0.196. The average Bonchev–Trinajstić information content (AvgIpc) is 2.49. The van der Waals surface area contributed by atoms with Gasteiger partial charge in [0.15, 0.2) is 0 Å². The highest BCUT2D eigenvalue weighted by Gasteiger charge is 2.31. The third kappa shape index (κ3) is 3.37. The van der Waals surface area contributed by atoms with E-state index in [1.165, 1.54) is 10.4 Å². The molecule has 0 aromatic heterocycles. The molecule has 5 nitrogen and oxygen atoms in total. The minimum atomic E-state index is -3.94. The molecule has 1 N–H and O–H groups in total. The molecular weight excluding hydrogens is 319 g/mol. The Balaban J connectivity index is 2.34. The fourth-order valence-corrected chi connectivity index (χ4v) is 4.21. The first kappa shape index (κ1) is 16.6. The van der Waals surface area contributed by atoms with Crippen LogP contribution in [0.2, 0.25) is 5.02 Å². The molecule has 0 unspecified atom stereocenters. The van der Waals surface area contributed by atoms with Gasteiger partial charge in [0, 0.05) is 36.8 Å². The van der Waals surface area contributed by atoms with E-state index in [1.54, 1.807) is 0 Å². The first-order valence-electron chi connectivity index (χ1n) is 6.71. The highest BCUT2D eigenvalue weighted by Crippen LogP contribution is 2.27. The Morgan fingerprint density at radius 3 is 2.43 bits per heavy atom. The number of aliphatic hydroxyl groups excluding tert-OH is 1. The minimum Gasteiger partial charge on any atom is -0.392 e. The molecule has 0 spiro atoms. The SMILES string of the molecule is CCN1CCN(S(=O)(=O)c2cc(Cl)cc(CO)c2F)CC1. The van der Waals surface area contributed by atoms with Gasteiger partial charge < -0.3 is 10.0 Å². The van der Waals surface area contributed by atoms with Gasteiger partial charge in [-0.1, -0.05) is 18.5 Å². The van der Waals surface area contributed by atoms with Crippen LogP contribution in [0.3, 0.4) is 0 Å². The number of rotatable bonds is 4. The lowest BCUT2D eigenvalue weighted by Gasteiger charge is -2.33. The van der Waals surface area contributed by atoms with Crippen molar-refractivity contribution in [1.29, 1.82) is 0 Å². The normalized spacial score (nSPS) is 18.1. The van der Waals surface area contributed by atoms with Crippen LogP contribution in [0.5, 0.6) is 0 Å². The van der Waals surface area contributed by atoms with Crippen LogP contribution >= 0.6 is 11.6 Å². The predicted octanol–water partition coefficient (Wildman–Crippen LogP) is 1.30. The Kier molecular flexibility index (Phi) is 5.21. The molecule has 0 radical (unpaired) electrons. The molecule has 1 aromatic rings. The molecule has 0 aliphatic carbocycles. The van der Waals surface area contributed by atoms with Crippen LogP contribution in [0, 0.1) is 5.82 Å². The van der Waals surface area contributed by atoms with E-state index in [0.717, 1.165) is 12.6 Å². The van der Waals surface area contributed by atoms with Crippen molar-refractivity contribution in [3.63, 3.8) is 0 Å². The van der Waals surface area contributed by atoms with Gasteiger partial charge in [-0.25, -0.2) is 12.8 Å². The van der Waals surface area contributed by atoms with Gasteiger partial charge in [-0.2, -0.15) is 4.31 Å². The Hall–Kier alpha value is -0.730. The molecule has 0 amide bonds. The molecule has 1 saturated heterocycles. The van der Waals surface area contributed by atoms with Crippen LogP contribution in [0.4, 0.5) is 4.39 Å². The monoisotopic (exact) mass is 336 g/mol. The molecule has 0 bridgehead atoms. The van der Waals surface area contributed by atoms with E-state index in [1.807, 2.05) is 6.92 Å². The van der Waals surface area contributed by atoms with Gasteiger partial charge in [-0.05, 0) is 18.7 Å². The molecule has 8 heteroatoms. The molecule has 1 aromatic carbocycles. The maximum absolute atomic E-state index is 14.2. The van der Waals surface area contributed by atoms with Crippen LogP contribution in [0.15, 0.2) is 17.0 Å². The molecule has 1 aliphatic heterocycles. The summed E-state index contributed by atoms with van der Waals surface area (Å²) in [6.07, 6.45) is 0. The van der Waals surface area contributed by atoms with Gasteiger partial charge >= 0.3 is 0 Å². The van der Waals surface area contributed by atoms with Gasteiger partial charge in [-0.15, -0.1) is 0 Å². The summed E-state index contributed by atoms with van der Waals surface area (Å²) in [4.78, 5) is 1.66. The number of hydrogen-bond donors (Lipinski definition) is 1. The van der Waals surface area contributed by atoms with E-state index in [4.69, 9.17) is 16.7 Å². The van der Waals surface area contributed by atoms with Crippen molar-refractivity contribution in [3.05, 3.63) is 28.5 Å². The van der Waals surface area contributed by atoms with E-state index < -0.39 is 27.3 Å². The highest BCUT2D eigenvalue weighted by molar-refractivity contribution is 7.89. The summed E-state index contributed by atoms with van der Waals surface area (Å²) in [5.41, 5.74) is -0.117. The summed E-state index contributed by atoms with van der Waals surface area (Å²) in [5.74, 6) is -0.931. The Morgan fingerprint density at radius 2 is 1.90 bits per heavy atom. The van der Waals surface area contributed by atoms with Crippen LogP contribution < -0.4 is 0 Å². The molecule has 21 heavy (non-hydrogen) atoms. The molecule has 2 rings (SSSR count). The Labute approximate surface area is 129 Å². The number of piperazine rings is 1. The van der Waals surface area contributed by atoms with Crippen molar-refractivity contribution in [3.8, 4) is 0 Å². The largest absolute Gasteiger partial charge is 0.392 e. The molecular formula is C13H18ClFN2O3S. The van der Waals surface area contributed by atoms with Crippen molar-refractivity contribution in [2.75, 3.05) is 32.7 Å². The molecule has 1 aliphatic rings. The second kappa shape index (κ2) is 6.58. The summed E-state index contributed by atoms with van der Waals surface area (Å²) in [6.45, 7) is 4.13. The average molecular weight is 337 g/mol. The highest BCUT2D eigenvalue weighted by atomic mass is 35.5. The number of aliphatic hydroxyl groups is 1. The minimum absolute atomic E-state index is 0.0891. The van der Waals surface area contributed by atoms with Gasteiger partial charge in [0.1, 0.15) is 10.7 Å². The van der Waals surface area contributed by atoms with E-state index in [9.17, 15) is 12.8 Å². The third-order valence-corrected chi connectivity index (χ3v) is 5.76. The lowest BCUT2D eigenvalue weighted by Crippen LogP contribution is -2.48. The van der Waals surface area contributed by atoms with E-state index >= 15 is 0 Å². The van der Waals surface area contributed by atoms with E-state index in [0.29, 0.717) is 26.2 Å². The van der Waals surface area contributed by atoms with Gasteiger partial charge in [0.25, 0.3) is 0 Å². The fraction of sp³-hybridized carbons (Fsp3) is 0.538. The number of nitrogens with zero attached hydrogens (tertiary/aromatic N) is 2. The maximum Gasteiger partial charge on any atom is 0.246 e. The van der Waals surface area contributed by atoms with Crippen LogP contribution in [-0.4, -0.2) is 55.5 Å². The standard InChI is InChI=1S/C13H18ClFN2O3S/c1-2-16-3-5-17(6-4-16)21(19,20)12-8-11(14)7-10(9-18)13(12)15/h7-8,18H,2-6,9H2,1H3. The molecule has 1 heterocycles. The molecule has 118 valence electrons. The Morgan fingerprint density at radius 1 is 1.29 bits per heavy atom. The summed E-state index contributed by atoms with van der Waals surface area (Å²) in [6, 6.07) is 2.32. The first-order valence-corrected chi connectivity index (χ1v) is 8.53. The Bertz CT molecular complexity index is 616. The summed E-state index contributed by atoms with van der Waals surface area (Å²) < 4.78 is 40.6. The smallest absolute Gasteiger partial charge is 0.246 e. The zero-order valence-electron chi connectivity index (χ0n) is 11.7. The first-order chi connectivity index (χ1) is 9.90. The van der Waals surface area contributed by atoms with Gasteiger partial charge in [0.2, 0.25) is 10.0 Å². The van der Waals surface area contributed by atoms with Crippen molar-refractivity contribution in [2.45, 2.75) is 18.4 Å². The van der Waals surface area contributed by atoms with E-state index in [2.05, 4.69) is 4.90 Å². The second-order valence-corrected chi connectivity index (χ2v) is 7.22. The van der Waals surface area contributed by atoms with E-state index in [-0.39, 0.29) is 10.6 Å². The maximum atomic E-state index is 14.2. The summed E-state index contributed by atoms with van der Waals surface area (Å²) in [5, 5.41) is 9.19. The third-order valence-electron chi connectivity index (χ3n) is 3.65. The second-order valence-electron chi connectivity index (χ2n) is 4.87. The number of hydrogen-bond acceptors (Lipinski definition) is 4. The predicted molar refractivity (Wildman–Crippen MR) is 78.2 cm³/mol. The van der Waals surface area contributed by atoms with Crippen molar-refractivity contribution in [2.24, 2.45) is 0 Å². The number of halogens is 2. The summed E-state index contributed by atoms with van der Waals surface area (Å²) in [7, 11) is -3.94. The van der Waals surface area contributed by atoms with Crippen LogP contribution in [0.25, 0.3) is 0 Å². The number of likely N-dealkylation sites (N-methyl/N-ethyl adjacent to an activating group) is 1.